The third-order valence-electron chi connectivity index (χ3n) is 4.39. The molecule has 2 aliphatic rings. The van der Waals surface area contributed by atoms with Crippen molar-refractivity contribution >= 4 is 16.5 Å². The lowest BCUT2D eigenvalue weighted by Gasteiger charge is -2.30. The second-order valence-corrected chi connectivity index (χ2v) is 5.44. The van der Waals surface area contributed by atoms with Gasteiger partial charge in [0.2, 0.25) is 0 Å². The maximum Gasteiger partial charge on any atom is 0.0998 e. The van der Waals surface area contributed by atoms with Crippen LogP contribution < -0.4 is 10.2 Å². The zero-order chi connectivity index (χ0) is 12.8. The fourth-order valence-electron chi connectivity index (χ4n) is 3.49. The minimum Gasteiger partial charge on any atom is -0.365 e. The minimum absolute atomic E-state index is 0.612. The van der Waals surface area contributed by atoms with Crippen molar-refractivity contribution in [3.63, 3.8) is 0 Å². The summed E-state index contributed by atoms with van der Waals surface area (Å²) in [6, 6.07) is 15.8. The first-order chi connectivity index (χ1) is 9.36. The molecule has 4 rings (SSSR count). The van der Waals surface area contributed by atoms with E-state index in [2.05, 4.69) is 34.5 Å². The Kier molecular flexibility index (Phi) is 2.27. The third-order valence-corrected chi connectivity index (χ3v) is 4.39. The molecule has 0 radical (unpaired) electrons. The molecule has 2 bridgehead atoms. The molecule has 2 saturated heterocycles. The van der Waals surface area contributed by atoms with E-state index >= 15 is 0 Å². The van der Waals surface area contributed by atoms with Crippen LogP contribution in [-0.4, -0.2) is 25.2 Å². The molecule has 2 fully saturated rings. The Morgan fingerprint density at radius 3 is 2.68 bits per heavy atom. The van der Waals surface area contributed by atoms with Crippen LogP contribution in [0.25, 0.3) is 10.8 Å². The molecule has 2 aromatic rings. The van der Waals surface area contributed by atoms with Gasteiger partial charge in [-0.2, -0.15) is 5.26 Å². The van der Waals surface area contributed by atoms with Crippen molar-refractivity contribution in [1.29, 1.82) is 5.26 Å². The van der Waals surface area contributed by atoms with E-state index in [0.29, 0.717) is 12.1 Å². The molecule has 2 unspecified atom stereocenters. The zero-order valence-electron chi connectivity index (χ0n) is 10.6. The van der Waals surface area contributed by atoms with Gasteiger partial charge in [0, 0.05) is 41.6 Å². The molecule has 0 saturated carbocycles. The molecule has 0 spiro atoms. The van der Waals surface area contributed by atoms with Crippen molar-refractivity contribution < 1.29 is 0 Å². The van der Waals surface area contributed by atoms with Crippen LogP contribution in [0.15, 0.2) is 36.4 Å². The van der Waals surface area contributed by atoms with Gasteiger partial charge in [0.25, 0.3) is 0 Å². The molecule has 2 heterocycles. The van der Waals surface area contributed by atoms with E-state index in [1.54, 1.807) is 0 Å². The summed E-state index contributed by atoms with van der Waals surface area (Å²) in [5.74, 6) is 0. The summed E-state index contributed by atoms with van der Waals surface area (Å²) in [4.78, 5) is 2.50. The Labute approximate surface area is 112 Å². The Morgan fingerprint density at radius 1 is 1.16 bits per heavy atom. The molecule has 1 N–H and O–H groups in total. The molecule has 19 heavy (non-hydrogen) atoms. The number of piperazine rings is 1. The Balaban J connectivity index is 1.89. The predicted molar refractivity (Wildman–Crippen MR) is 76.2 cm³/mol. The van der Waals surface area contributed by atoms with E-state index in [9.17, 15) is 5.26 Å². The Morgan fingerprint density at radius 2 is 2.00 bits per heavy atom. The van der Waals surface area contributed by atoms with Crippen LogP contribution in [0.1, 0.15) is 12.0 Å². The first kappa shape index (κ1) is 10.8. The standard InChI is InChI=1S/C16H15N3/c17-8-11-5-6-16(15-4-2-1-3-14(11)15)19-10-12-7-13(19)9-18-12/h1-6,12-13,18H,7,9-10H2. The molecular formula is C16H15N3. The fourth-order valence-corrected chi connectivity index (χ4v) is 3.49. The van der Waals surface area contributed by atoms with Crippen molar-refractivity contribution in [2.24, 2.45) is 0 Å². The number of fused-ring (bicyclic) bond motifs is 3. The second kappa shape index (κ2) is 3.97. The molecule has 94 valence electrons. The second-order valence-electron chi connectivity index (χ2n) is 5.44. The van der Waals surface area contributed by atoms with Gasteiger partial charge in [0.05, 0.1) is 11.6 Å². The summed E-state index contributed by atoms with van der Waals surface area (Å²) in [5, 5.41) is 15.0. The number of hydrogen-bond acceptors (Lipinski definition) is 3. The van der Waals surface area contributed by atoms with Crippen molar-refractivity contribution in [3.05, 3.63) is 42.0 Å². The Bertz CT molecular complexity index is 686. The average molecular weight is 249 g/mol. The van der Waals surface area contributed by atoms with Gasteiger partial charge in [-0.05, 0) is 18.6 Å². The van der Waals surface area contributed by atoms with Crippen molar-refractivity contribution in [2.45, 2.75) is 18.5 Å². The van der Waals surface area contributed by atoms with Gasteiger partial charge in [0.1, 0.15) is 0 Å². The normalized spacial score (nSPS) is 24.9. The van der Waals surface area contributed by atoms with Crippen LogP contribution in [-0.2, 0) is 0 Å². The number of nitrogens with zero attached hydrogens (tertiary/aromatic N) is 2. The van der Waals surface area contributed by atoms with Gasteiger partial charge in [-0.1, -0.05) is 24.3 Å². The monoisotopic (exact) mass is 249 g/mol. The molecule has 0 aromatic heterocycles. The highest BCUT2D eigenvalue weighted by Crippen LogP contribution is 2.35. The van der Waals surface area contributed by atoms with Gasteiger partial charge in [-0.25, -0.2) is 0 Å². The summed E-state index contributed by atoms with van der Waals surface area (Å²) in [7, 11) is 0. The van der Waals surface area contributed by atoms with Gasteiger partial charge in [-0.15, -0.1) is 0 Å². The van der Waals surface area contributed by atoms with Crippen LogP contribution in [0, 0.1) is 11.3 Å². The van der Waals surface area contributed by atoms with E-state index in [0.717, 1.165) is 24.0 Å². The lowest BCUT2D eigenvalue weighted by Crippen LogP contribution is -2.43. The molecule has 2 aliphatic heterocycles. The SMILES string of the molecule is N#Cc1ccc(N2CC3CC2CN3)c2ccccc12. The summed E-state index contributed by atoms with van der Waals surface area (Å²) in [6.07, 6.45) is 1.24. The first-order valence-corrected chi connectivity index (χ1v) is 6.78. The maximum absolute atomic E-state index is 9.22. The number of nitriles is 1. The topological polar surface area (TPSA) is 39.1 Å². The van der Waals surface area contributed by atoms with E-state index in [-0.39, 0.29) is 0 Å². The van der Waals surface area contributed by atoms with E-state index in [1.807, 2.05) is 18.2 Å². The van der Waals surface area contributed by atoms with Gasteiger partial charge in [-0.3, -0.25) is 0 Å². The molecule has 0 amide bonds. The van der Waals surface area contributed by atoms with Gasteiger partial charge >= 0.3 is 0 Å². The lowest BCUT2D eigenvalue weighted by molar-refractivity contribution is 0.581. The predicted octanol–water partition coefficient (Wildman–Crippen LogP) is 2.26. The highest BCUT2D eigenvalue weighted by atomic mass is 15.3. The van der Waals surface area contributed by atoms with Crippen LogP contribution >= 0.6 is 0 Å². The lowest BCUT2D eigenvalue weighted by atomic mass is 10.0. The van der Waals surface area contributed by atoms with Gasteiger partial charge < -0.3 is 10.2 Å². The maximum atomic E-state index is 9.22. The van der Waals surface area contributed by atoms with Crippen LogP contribution in [0.3, 0.4) is 0 Å². The number of rotatable bonds is 1. The van der Waals surface area contributed by atoms with Gasteiger partial charge in [0.15, 0.2) is 0 Å². The van der Waals surface area contributed by atoms with Crippen LogP contribution in [0.2, 0.25) is 0 Å². The van der Waals surface area contributed by atoms with Crippen molar-refractivity contribution in [1.82, 2.24) is 5.32 Å². The van der Waals surface area contributed by atoms with Crippen LogP contribution in [0.5, 0.6) is 0 Å². The number of benzene rings is 2. The number of hydrogen-bond donors (Lipinski definition) is 1. The highest BCUT2D eigenvalue weighted by molar-refractivity contribution is 5.98. The third kappa shape index (κ3) is 1.54. The number of anilines is 1. The fraction of sp³-hybridized carbons (Fsp3) is 0.312. The number of nitrogens with one attached hydrogen (secondary N) is 1. The summed E-state index contributed by atoms with van der Waals surface area (Å²) >= 11 is 0. The quantitative estimate of drug-likeness (QED) is 0.842. The van der Waals surface area contributed by atoms with Crippen LogP contribution in [0.4, 0.5) is 5.69 Å². The molecule has 3 heteroatoms. The highest BCUT2D eigenvalue weighted by Gasteiger charge is 2.38. The zero-order valence-corrected chi connectivity index (χ0v) is 10.6. The van der Waals surface area contributed by atoms with E-state index < -0.39 is 0 Å². The first-order valence-electron chi connectivity index (χ1n) is 6.78. The van der Waals surface area contributed by atoms with Crippen molar-refractivity contribution in [3.8, 4) is 6.07 Å². The average Bonchev–Trinajstić information content (AvgIpc) is 3.08. The van der Waals surface area contributed by atoms with E-state index in [4.69, 9.17) is 0 Å². The minimum atomic E-state index is 0.612. The van der Waals surface area contributed by atoms with E-state index in [1.165, 1.54) is 17.5 Å². The largest absolute Gasteiger partial charge is 0.365 e. The summed E-state index contributed by atoms with van der Waals surface area (Å²) in [6.45, 7) is 2.17. The Hall–Kier alpha value is -2.05. The molecule has 2 aromatic carbocycles. The molecule has 0 aliphatic carbocycles. The molecule has 2 atom stereocenters. The summed E-state index contributed by atoms with van der Waals surface area (Å²) in [5.41, 5.74) is 2.05. The summed E-state index contributed by atoms with van der Waals surface area (Å²) < 4.78 is 0. The molecule has 3 nitrogen and oxygen atoms in total. The van der Waals surface area contributed by atoms with Crippen molar-refractivity contribution in [2.75, 3.05) is 18.0 Å². The molecular weight excluding hydrogens is 234 g/mol. The smallest absolute Gasteiger partial charge is 0.0998 e.